The van der Waals surface area contributed by atoms with Crippen molar-refractivity contribution in [1.29, 1.82) is 0 Å². The number of ether oxygens (including phenoxy) is 1. The molecule has 0 radical (unpaired) electrons. The predicted octanol–water partition coefficient (Wildman–Crippen LogP) is 3.37. The van der Waals surface area contributed by atoms with Crippen LogP contribution >= 0.6 is 0 Å². The molecule has 1 heterocycles. The fraction of sp³-hybridized carbons (Fsp3) is 0.524. The molecule has 0 saturated heterocycles. The molecule has 1 saturated carbocycles. The van der Waals surface area contributed by atoms with E-state index in [-0.39, 0.29) is 11.9 Å². The van der Waals surface area contributed by atoms with Crippen LogP contribution in [0.4, 0.5) is 4.39 Å². The molecule has 1 aromatic carbocycles. The van der Waals surface area contributed by atoms with Crippen molar-refractivity contribution in [3.63, 3.8) is 0 Å². The van der Waals surface area contributed by atoms with E-state index in [2.05, 4.69) is 27.6 Å². The van der Waals surface area contributed by atoms with Crippen LogP contribution in [-0.4, -0.2) is 35.9 Å². The van der Waals surface area contributed by atoms with E-state index in [0.29, 0.717) is 30.2 Å². The third-order valence-corrected chi connectivity index (χ3v) is 4.88. The summed E-state index contributed by atoms with van der Waals surface area (Å²) in [5.74, 6) is 1.69. The second kappa shape index (κ2) is 9.57. The summed E-state index contributed by atoms with van der Waals surface area (Å²) >= 11 is 0. The summed E-state index contributed by atoms with van der Waals surface area (Å²) in [5.41, 5.74) is 0.851. The Kier molecular flexibility index (Phi) is 6.90. The van der Waals surface area contributed by atoms with Gasteiger partial charge < -0.3 is 15.4 Å². The number of aliphatic imine (C=N–C) groups is 1. The molecule has 2 N–H and O–H groups in total. The molecule has 1 aliphatic carbocycles. The number of rotatable bonds is 9. The van der Waals surface area contributed by atoms with Gasteiger partial charge in [0.2, 0.25) is 0 Å². The SMILES string of the molecule is CN=C(NCC(C)Cn1cccn1)NC(C)c1ccc(OCC2CC2)c(F)c1. The van der Waals surface area contributed by atoms with Gasteiger partial charge >= 0.3 is 0 Å². The van der Waals surface area contributed by atoms with Crippen molar-refractivity contribution in [3.8, 4) is 5.75 Å². The van der Waals surface area contributed by atoms with E-state index >= 15 is 0 Å². The molecule has 1 aliphatic rings. The summed E-state index contributed by atoms with van der Waals surface area (Å²) in [7, 11) is 1.73. The van der Waals surface area contributed by atoms with Gasteiger partial charge in [-0.05, 0) is 55.4 Å². The van der Waals surface area contributed by atoms with E-state index in [0.717, 1.165) is 18.7 Å². The number of halogens is 1. The maximum absolute atomic E-state index is 14.3. The third-order valence-electron chi connectivity index (χ3n) is 4.88. The van der Waals surface area contributed by atoms with Crippen LogP contribution < -0.4 is 15.4 Å². The fourth-order valence-electron chi connectivity index (χ4n) is 2.94. The van der Waals surface area contributed by atoms with E-state index < -0.39 is 0 Å². The summed E-state index contributed by atoms with van der Waals surface area (Å²) in [5, 5.41) is 10.9. The van der Waals surface area contributed by atoms with Crippen molar-refractivity contribution in [2.75, 3.05) is 20.2 Å². The lowest BCUT2D eigenvalue weighted by Gasteiger charge is -2.20. The zero-order valence-electron chi connectivity index (χ0n) is 16.9. The lowest BCUT2D eigenvalue weighted by Crippen LogP contribution is -2.41. The van der Waals surface area contributed by atoms with Crippen molar-refractivity contribution < 1.29 is 9.13 Å². The van der Waals surface area contributed by atoms with E-state index in [4.69, 9.17) is 4.74 Å². The Morgan fingerprint density at radius 2 is 2.21 bits per heavy atom. The Morgan fingerprint density at radius 3 is 2.86 bits per heavy atom. The van der Waals surface area contributed by atoms with Crippen molar-refractivity contribution in [2.45, 2.75) is 39.3 Å². The molecule has 2 unspecified atom stereocenters. The highest BCUT2D eigenvalue weighted by Crippen LogP contribution is 2.30. The summed E-state index contributed by atoms with van der Waals surface area (Å²) in [6, 6.07) is 6.99. The molecule has 152 valence electrons. The Morgan fingerprint density at radius 1 is 1.39 bits per heavy atom. The number of benzene rings is 1. The molecule has 2 atom stereocenters. The quantitative estimate of drug-likeness (QED) is 0.511. The Bertz CT molecular complexity index is 773. The van der Waals surface area contributed by atoms with Crippen molar-refractivity contribution in [2.24, 2.45) is 16.8 Å². The standard InChI is InChI=1S/C21H30FN5O/c1-15(13-27-10-4-9-25-27)12-24-21(23-3)26-16(2)18-7-8-20(19(22)11-18)28-14-17-5-6-17/h4,7-11,15-17H,5-6,12-14H2,1-3H3,(H2,23,24,26). The average Bonchev–Trinajstić information content (AvgIpc) is 3.38. The van der Waals surface area contributed by atoms with Gasteiger partial charge in [0, 0.05) is 32.5 Å². The number of hydrogen-bond donors (Lipinski definition) is 2. The molecular formula is C21H30FN5O. The highest BCUT2D eigenvalue weighted by molar-refractivity contribution is 5.80. The summed E-state index contributed by atoms with van der Waals surface area (Å²) in [4.78, 5) is 4.27. The van der Waals surface area contributed by atoms with Gasteiger partial charge in [-0.25, -0.2) is 4.39 Å². The van der Waals surface area contributed by atoms with Crippen molar-refractivity contribution in [1.82, 2.24) is 20.4 Å². The van der Waals surface area contributed by atoms with Gasteiger partial charge in [-0.1, -0.05) is 13.0 Å². The monoisotopic (exact) mass is 387 g/mol. The summed E-state index contributed by atoms with van der Waals surface area (Å²) < 4.78 is 21.8. The van der Waals surface area contributed by atoms with Gasteiger partial charge in [0.1, 0.15) is 0 Å². The van der Waals surface area contributed by atoms with Crippen LogP contribution in [0.5, 0.6) is 5.75 Å². The molecule has 28 heavy (non-hydrogen) atoms. The molecular weight excluding hydrogens is 357 g/mol. The lowest BCUT2D eigenvalue weighted by molar-refractivity contribution is 0.285. The van der Waals surface area contributed by atoms with E-state index in [1.165, 1.54) is 18.9 Å². The lowest BCUT2D eigenvalue weighted by atomic mass is 10.1. The number of hydrogen-bond acceptors (Lipinski definition) is 3. The minimum atomic E-state index is -0.317. The Labute approximate surface area is 166 Å². The second-order valence-electron chi connectivity index (χ2n) is 7.60. The maximum atomic E-state index is 14.3. The van der Waals surface area contributed by atoms with Gasteiger partial charge in [0.25, 0.3) is 0 Å². The second-order valence-corrected chi connectivity index (χ2v) is 7.60. The first-order chi connectivity index (χ1) is 13.5. The highest BCUT2D eigenvalue weighted by atomic mass is 19.1. The van der Waals surface area contributed by atoms with E-state index in [9.17, 15) is 4.39 Å². The molecule has 0 aliphatic heterocycles. The third kappa shape index (κ3) is 5.97. The van der Waals surface area contributed by atoms with E-state index in [1.54, 1.807) is 19.3 Å². The number of aromatic nitrogens is 2. The minimum Gasteiger partial charge on any atom is -0.490 e. The molecule has 7 heteroatoms. The molecule has 1 fully saturated rings. The number of guanidine groups is 1. The molecule has 0 spiro atoms. The first-order valence-electron chi connectivity index (χ1n) is 9.92. The van der Waals surface area contributed by atoms with Crippen LogP contribution in [0.2, 0.25) is 0 Å². The number of nitrogens with zero attached hydrogens (tertiary/aromatic N) is 3. The van der Waals surface area contributed by atoms with Crippen molar-refractivity contribution >= 4 is 5.96 Å². The first kappa shape index (κ1) is 20.2. The van der Waals surface area contributed by atoms with Crippen LogP contribution in [0.3, 0.4) is 0 Å². The van der Waals surface area contributed by atoms with Crippen molar-refractivity contribution in [3.05, 3.63) is 48.0 Å². The van der Waals surface area contributed by atoms with Crippen LogP contribution in [0.25, 0.3) is 0 Å². The smallest absolute Gasteiger partial charge is 0.191 e. The largest absolute Gasteiger partial charge is 0.490 e. The van der Waals surface area contributed by atoms with Gasteiger partial charge in [-0.3, -0.25) is 9.67 Å². The van der Waals surface area contributed by atoms with Crippen LogP contribution in [0.15, 0.2) is 41.7 Å². The van der Waals surface area contributed by atoms with Crippen LogP contribution in [-0.2, 0) is 6.54 Å². The summed E-state index contributed by atoms with van der Waals surface area (Å²) in [6.45, 7) is 6.34. The maximum Gasteiger partial charge on any atom is 0.191 e. The molecule has 3 rings (SSSR count). The van der Waals surface area contributed by atoms with Gasteiger partial charge in [-0.2, -0.15) is 5.10 Å². The molecule has 6 nitrogen and oxygen atoms in total. The van der Waals surface area contributed by atoms with Gasteiger partial charge in [0.15, 0.2) is 17.5 Å². The Balaban J connectivity index is 1.48. The summed E-state index contributed by atoms with van der Waals surface area (Å²) in [6.07, 6.45) is 6.11. The topological polar surface area (TPSA) is 63.5 Å². The molecule has 1 aromatic heterocycles. The Hall–Kier alpha value is -2.57. The number of nitrogens with one attached hydrogen (secondary N) is 2. The normalized spacial score (nSPS) is 16.5. The average molecular weight is 388 g/mol. The van der Waals surface area contributed by atoms with Crippen LogP contribution in [0.1, 0.15) is 38.3 Å². The molecule has 0 bridgehead atoms. The minimum absolute atomic E-state index is 0.0837. The van der Waals surface area contributed by atoms with E-state index in [1.807, 2.05) is 29.9 Å². The zero-order valence-corrected chi connectivity index (χ0v) is 16.9. The predicted molar refractivity (Wildman–Crippen MR) is 109 cm³/mol. The molecule has 2 aromatic rings. The van der Waals surface area contributed by atoms with Gasteiger partial charge in [-0.15, -0.1) is 0 Å². The van der Waals surface area contributed by atoms with Gasteiger partial charge in [0.05, 0.1) is 12.6 Å². The van der Waals surface area contributed by atoms with Crippen LogP contribution in [0, 0.1) is 17.7 Å². The first-order valence-corrected chi connectivity index (χ1v) is 9.92. The highest BCUT2D eigenvalue weighted by Gasteiger charge is 2.22. The zero-order chi connectivity index (χ0) is 19.9. The fourth-order valence-corrected chi connectivity index (χ4v) is 2.94. The molecule has 0 amide bonds.